The largest absolute Gasteiger partial charge is 0.478 e. The van der Waals surface area contributed by atoms with E-state index in [-0.39, 0.29) is 17.0 Å². The predicted octanol–water partition coefficient (Wildman–Crippen LogP) is 8.22. The van der Waals surface area contributed by atoms with Crippen LogP contribution < -0.4 is 10.6 Å². The van der Waals surface area contributed by atoms with Gasteiger partial charge in [0.1, 0.15) is 5.25 Å². The second-order valence-electron chi connectivity index (χ2n) is 9.36. The third kappa shape index (κ3) is 6.43. The van der Waals surface area contributed by atoms with Crippen LogP contribution in [0.3, 0.4) is 0 Å². The molecule has 0 saturated heterocycles. The number of carbonyl (C=O) groups is 3. The summed E-state index contributed by atoms with van der Waals surface area (Å²) in [6, 6.07) is 32.0. The Morgan fingerprint density at radius 2 is 1.44 bits per heavy atom. The van der Waals surface area contributed by atoms with Crippen molar-refractivity contribution in [2.45, 2.75) is 17.1 Å². The average Bonchev–Trinajstić information content (AvgIpc) is 2.97. The first-order valence-electron chi connectivity index (χ1n) is 12.8. The molecular formula is C33H25ClN2O4S. The van der Waals surface area contributed by atoms with Gasteiger partial charge in [-0.1, -0.05) is 78.3 Å². The van der Waals surface area contributed by atoms with E-state index in [4.69, 9.17) is 11.6 Å². The third-order valence-electron chi connectivity index (χ3n) is 6.51. The number of rotatable bonds is 8. The fourth-order valence-corrected chi connectivity index (χ4v) is 5.73. The van der Waals surface area contributed by atoms with Crippen molar-refractivity contribution < 1.29 is 19.5 Å². The molecule has 41 heavy (non-hydrogen) atoms. The summed E-state index contributed by atoms with van der Waals surface area (Å²) in [4.78, 5) is 39.4. The lowest BCUT2D eigenvalue weighted by Gasteiger charge is -2.18. The summed E-state index contributed by atoms with van der Waals surface area (Å²) < 4.78 is 0. The van der Waals surface area contributed by atoms with E-state index in [1.807, 2.05) is 55.5 Å². The van der Waals surface area contributed by atoms with Gasteiger partial charge in [0.15, 0.2) is 0 Å². The molecule has 0 aliphatic carbocycles. The lowest BCUT2D eigenvalue weighted by atomic mass is 9.98. The van der Waals surface area contributed by atoms with Gasteiger partial charge in [0.25, 0.3) is 5.91 Å². The second-order valence-corrected chi connectivity index (χ2v) is 10.9. The van der Waals surface area contributed by atoms with E-state index in [0.717, 1.165) is 16.0 Å². The first kappa shape index (κ1) is 28.0. The molecule has 0 aliphatic heterocycles. The van der Waals surface area contributed by atoms with Crippen LogP contribution in [-0.4, -0.2) is 22.9 Å². The number of anilines is 2. The highest BCUT2D eigenvalue weighted by molar-refractivity contribution is 8.00. The highest BCUT2D eigenvalue weighted by Gasteiger charge is 2.23. The molecule has 5 aromatic rings. The molecule has 0 spiro atoms. The number of carboxylic acids is 1. The molecule has 0 radical (unpaired) electrons. The van der Waals surface area contributed by atoms with Gasteiger partial charge in [0.2, 0.25) is 5.91 Å². The molecule has 2 amide bonds. The highest BCUT2D eigenvalue weighted by Crippen LogP contribution is 2.37. The Balaban J connectivity index is 1.40. The molecule has 0 fully saturated rings. The van der Waals surface area contributed by atoms with E-state index >= 15 is 0 Å². The minimum absolute atomic E-state index is 0.0594. The summed E-state index contributed by atoms with van der Waals surface area (Å²) in [5.41, 5.74) is 3.17. The molecular weight excluding hydrogens is 556 g/mol. The van der Waals surface area contributed by atoms with Crippen LogP contribution in [0, 0.1) is 6.92 Å². The van der Waals surface area contributed by atoms with Crippen LogP contribution in [0.5, 0.6) is 0 Å². The summed E-state index contributed by atoms with van der Waals surface area (Å²) in [5.74, 6) is -1.75. The topological polar surface area (TPSA) is 95.5 Å². The Kier molecular flexibility index (Phi) is 8.38. The minimum atomic E-state index is -1.10. The van der Waals surface area contributed by atoms with Crippen LogP contribution in [-0.2, 0) is 4.79 Å². The van der Waals surface area contributed by atoms with Gasteiger partial charge < -0.3 is 15.7 Å². The van der Waals surface area contributed by atoms with Crippen molar-refractivity contribution in [2.24, 2.45) is 0 Å². The molecule has 3 N–H and O–H groups in total. The minimum Gasteiger partial charge on any atom is -0.478 e. The Morgan fingerprint density at radius 3 is 2.15 bits per heavy atom. The van der Waals surface area contributed by atoms with Crippen molar-refractivity contribution >= 4 is 63.3 Å². The number of carbonyl (C=O) groups excluding carboxylic acids is 2. The van der Waals surface area contributed by atoms with Crippen LogP contribution in [0.1, 0.15) is 37.1 Å². The number of carboxylic acid groups (broad SMARTS) is 1. The smallest absolute Gasteiger partial charge is 0.336 e. The fourth-order valence-electron chi connectivity index (χ4n) is 4.47. The van der Waals surface area contributed by atoms with Crippen molar-refractivity contribution in [1.82, 2.24) is 0 Å². The summed E-state index contributed by atoms with van der Waals surface area (Å²) >= 11 is 7.61. The fraction of sp³-hybridized carbons (Fsp3) is 0.0606. The lowest BCUT2D eigenvalue weighted by molar-refractivity contribution is -0.115. The normalized spacial score (nSPS) is 11.6. The third-order valence-corrected chi connectivity index (χ3v) is 8.16. The number of fused-ring (bicyclic) bond motifs is 1. The van der Waals surface area contributed by atoms with Gasteiger partial charge in [-0.05, 0) is 65.9 Å². The number of nitrogens with one attached hydrogen (secondary N) is 2. The van der Waals surface area contributed by atoms with Gasteiger partial charge in [-0.2, -0.15) is 0 Å². The van der Waals surface area contributed by atoms with Gasteiger partial charge in [0.05, 0.1) is 5.56 Å². The van der Waals surface area contributed by atoms with Gasteiger partial charge >= 0.3 is 5.97 Å². The van der Waals surface area contributed by atoms with E-state index in [1.54, 1.807) is 54.6 Å². The summed E-state index contributed by atoms with van der Waals surface area (Å²) in [6.45, 7) is 1.90. The monoisotopic (exact) mass is 580 g/mol. The molecule has 1 atom stereocenters. The number of halogens is 1. The standard InChI is InChI=1S/C33H25ClN2O4S/c1-20-16-17-24(19-28(20)34)36-32(38)30(22-8-3-2-4-9-22)41-25-13-7-12-23(18-25)35-31(37)26-14-5-10-21-11-6-15-27(29(21)26)33(39)40/h2-19,30H,1H3,(H,35,37)(H,36,38)(H,39,40). The van der Waals surface area contributed by atoms with Gasteiger partial charge in [-0.15, -0.1) is 11.8 Å². The summed E-state index contributed by atoms with van der Waals surface area (Å²) in [6.07, 6.45) is 0. The van der Waals surface area contributed by atoms with E-state index in [0.29, 0.717) is 27.2 Å². The Hall–Kier alpha value is -4.59. The van der Waals surface area contributed by atoms with Crippen molar-refractivity contribution in [3.05, 3.63) is 136 Å². The zero-order chi connectivity index (χ0) is 28.9. The first-order chi connectivity index (χ1) is 19.8. The summed E-state index contributed by atoms with van der Waals surface area (Å²) in [7, 11) is 0. The zero-order valence-corrected chi connectivity index (χ0v) is 23.5. The second kappa shape index (κ2) is 12.3. The number of aromatic carboxylic acids is 1. The molecule has 5 aromatic carbocycles. The van der Waals surface area contributed by atoms with Crippen LogP contribution in [0.4, 0.5) is 11.4 Å². The van der Waals surface area contributed by atoms with Crippen LogP contribution in [0.15, 0.2) is 114 Å². The molecule has 6 nitrogen and oxygen atoms in total. The first-order valence-corrected chi connectivity index (χ1v) is 14.0. The number of benzene rings is 5. The lowest BCUT2D eigenvalue weighted by Crippen LogP contribution is -2.19. The van der Waals surface area contributed by atoms with E-state index in [1.165, 1.54) is 17.8 Å². The molecule has 0 aliphatic rings. The van der Waals surface area contributed by atoms with E-state index < -0.39 is 17.1 Å². The van der Waals surface area contributed by atoms with Gasteiger partial charge in [0, 0.05) is 32.2 Å². The van der Waals surface area contributed by atoms with Crippen molar-refractivity contribution in [1.29, 1.82) is 0 Å². The Labute approximate surface area is 246 Å². The number of amides is 2. The van der Waals surface area contributed by atoms with Crippen LogP contribution >= 0.6 is 23.4 Å². The molecule has 1 unspecified atom stereocenters. The molecule has 5 rings (SSSR count). The number of thioether (sulfide) groups is 1. The number of hydrogen-bond donors (Lipinski definition) is 3. The van der Waals surface area contributed by atoms with Crippen molar-refractivity contribution in [3.8, 4) is 0 Å². The van der Waals surface area contributed by atoms with Crippen LogP contribution in [0.25, 0.3) is 10.8 Å². The highest BCUT2D eigenvalue weighted by atomic mass is 35.5. The molecule has 204 valence electrons. The number of aryl methyl sites for hydroxylation is 1. The van der Waals surface area contributed by atoms with E-state index in [9.17, 15) is 19.5 Å². The average molecular weight is 581 g/mol. The predicted molar refractivity (Wildman–Crippen MR) is 165 cm³/mol. The van der Waals surface area contributed by atoms with Gasteiger partial charge in [-0.25, -0.2) is 4.79 Å². The van der Waals surface area contributed by atoms with Gasteiger partial charge in [-0.3, -0.25) is 9.59 Å². The Morgan fingerprint density at radius 1 is 0.756 bits per heavy atom. The maximum Gasteiger partial charge on any atom is 0.336 e. The maximum absolute atomic E-state index is 13.5. The molecule has 0 aromatic heterocycles. The molecule has 8 heteroatoms. The quantitative estimate of drug-likeness (QED) is 0.161. The SMILES string of the molecule is Cc1ccc(NC(=O)C(Sc2cccc(NC(=O)c3cccc4cccc(C(=O)O)c34)c2)c2ccccc2)cc1Cl. The maximum atomic E-state index is 13.5. The van der Waals surface area contributed by atoms with Crippen molar-refractivity contribution in [2.75, 3.05) is 10.6 Å². The molecule has 0 saturated carbocycles. The number of hydrogen-bond acceptors (Lipinski definition) is 4. The summed E-state index contributed by atoms with van der Waals surface area (Å²) in [5, 5.41) is 16.6. The van der Waals surface area contributed by atoms with Crippen molar-refractivity contribution in [3.63, 3.8) is 0 Å². The van der Waals surface area contributed by atoms with E-state index in [2.05, 4.69) is 10.6 Å². The Bertz CT molecular complexity index is 1770. The molecule has 0 heterocycles. The molecule has 0 bridgehead atoms. The zero-order valence-electron chi connectivity index (χ0n) is 21.9. The van der Waals surface area contributed by atoms with Crippen LogP contribution in [0.2, 0.25) is 5.02 Å².